The molecule has 0 aromatic rings. The maximum atomic E-state index is 5.30. The summed E-state index contributed by atoms with van der Waals surface area (Å²) in [6, 6.07) is 0.947. The van der Waals surface area contributed by atoms with Crippen molar-refractivity contribution >= 4 is 0 Å². The molecule has 1 aliphatic rings. The number of hydrogen-bond donors (Lipinski definition) is 2. The van der Waals surface area contributed by atoms with Crippen molar-refractivity contribution in [3.8, 4) is 0 Å². The fourth-order valence-electron chi connectivity index (χ4n) is 1.53. The molecule has 3 heteroatoms. The lowest BCUT2D eigenvalue weighted by Crippen LogP contribution is -2.39. The Balaban J connectivity index is 2.45. The summed E-state index contributed by atoms with van der Waals surface area (Å²) in [6.07, 6.45) is 0.324. The maximum absolute atomic E-state index is 5.30. The van der Waals surface area contributed by atoms with Crippen LogP contribution in [0.15, 0.2) is 0 Å². The first-order valence-electron chi connectivity index (χ1n) is 3.73. The van der Waals surface area contributed by atoms with E-state index in [-0.39, 0.29) is 0 Å². The first-order valence-corrected chi connectivity index (χ1v) is 3.73. The Kier molecular flexibility index (Phi) is 2.65. The van der Waals surface area contributed by atoms with Gasteiger partial charge in [0.2, 0.25) is 0 Å². The summed E-state index contributed by atoms with van der Waals surface area (Å²) in [4.78, 5) is 0. The maximum Gasteiger partial charge on any atom is 0.0886 e. The van der Waals surface area contributed by atoms with Gasteiger partial charge in [0.15, 0.2) is 0 Å². The fourth-order valence-corrected chi connectivity index (χ4v) is 1.53. The van der Waals surface area contributed by atoms with Gasteiger partial charge in [0.1, 0.15) is 0 Å². The third-order valence-electron chi connectivity index (χ3n) is 2.19. The Morgan fingerprint density at radius 1 is 1.60 bits per heavy atom. The van der Waals surface area contributed by atoms with Gasteiger partial charge in [-0.05, 0) is 14.0 Å². The number of nitrogens with one attached hydrogen (secondary N) is 2. The van der Waals surface area contributed by atoms with Gasteiger partial charge in [-0.25, -0.2) is 0 Å². The third kappa shape index (κ3) is 1.31. The Labute approximate surface area is 62.1 Å². The highest BCUT2D eigenvalue weighted by Crippen LogP contribution is 2.09. The Hall–Kier alpha value is -0.120. The first kappa shape index (κ1) is 7.98. The minimum absolute atomic E-state index is 0.324. The lowest BCUT2D eigenvalue weighted by Gasteiger charge is -2.18. The van der Waals surface area contributed by atoms with E-state index in [0.29, 0.717) is 18.2 Å². The van der Waals surface area contributed by atoms with Gasteiger partial charge in [-0.1, -0.05) is 0 Å². The van der Waals surface area contributed by atoms with E-state index < -0.39 is 0 Å². The van der Waals surface area contributed by atoms with Crippen molar-refractivity contribution in [3.05, 3.63) is 0 Å². The molecule has 0 aromatic heterocycles. The third-order valence-corrected chi connectivity index (χ3v) is 2.19. The normalized spacial score (nSPS) is 40.5. The molecular weight excluding hydrogens is 128 g/mol. The summed E-state index contributed by atoms with van der Waals surface area (Å²) in [5, 5.41) is 6.54. The zero-order valence-corrected chi connectivity index (χ0v) is 6.85. The molecule has 60 valence electrons. The Bertz CT molecular complexity index is 108. The quantitative estimate of drug-likeness (QED) is 0.552. The molecule has 0 spiro atoms. The monoisotopic (exact) mass is 144 g/mol. The molecule has 0 amide bonds. The van der Waals surface area contributed by atoms with Crippen molar-refractivity contribution in [2.75, 3.05) is 20.7 Å². The standard InChI is InChI=1S/C7H16N2O/c1-5-7(10-3)6(8-2)4-9-5/h5-9H,4H2,1-3H3. The molecular formula is C7H16N2O. The highest BCUT2D eigenvalue weighted by atomic mass is 16.5. The van der Waals surface area contributed by atoms with Crippen LogP contribution in [-0.4, -0.2) is 38.9 Å². The highest BCUT2D eigenvalue weighted by Gasteiger charge is 2.31. The Morgan fingerprint density at radius 2 is 2.30 bits per heavy atom. The van der Waals surface area contributed by atoms with Crippen molar-refractivity contribution in [2.24, 2.45) is 0 Å². The minimum Gasteiger partial charge on any atom is -0.378 e. The fraction of sp³-hybridized carbons (Fsp3) is 1.00. The molecule has 1 saturated heterocycles. The average molecular weight is 144 g/mol. The van der Waals surface area contributed by atoms with Crippen LogP contribution >= 0.6 is 0 Å². The minimum atomic E-state index is 0.324. The molecule has 1 rings (SSSR count). The molecule has 3 nitrogen and oxygen atoms in total. The van der Waals surface area contributed by atoms with Gasteiger partial charge >= 0.3 is 0 Å². The lowest BCUT2D eigenvalue weighted by atomic mass is 10.1. The van der Waals surface area contributed by atoms with E-state index in [1.165, 1.54) is 0 Å². The zero-order chi connectivity index (χ0) is 7.56. The largest absolute Gasteiger partial charge is 0.378 e. The van der Waals surface area contributed by atoms with E-state index in [4.69, 9.17) is 4.74 Å². The molecule has 0 aromatic carbocycles. The van der Waals surface area contributed by atoms with E-state index in [1.54, 1.807) is 7.11 Å². The molecule has 0 aliphatic carbocycles. The second kappa shape index (κ2) is 3.32. The first-order chi connectivity index (χ1) is 4.79. The second-order valence-electron chi connectivity index (χ2n) is 2.79. The van der Waals surface area contributed by atoms with Crippen molar-refractivity contribution in [3.63, 3.8) is 0 Å². The lowest BCUT2D eigenvalue weighted by molar-refractivity contribution is 0.0778. The van der Waals surface area contributed by atoms with Gasteiger partial charge < -0.3 is 15.4 Å². The van der Waals surface area contributed by atoms with Gasteiger partial charge in [-0.2, -0.15) is 0 Å². The summed E-state index contributed by atoms with van der Waals surface area (Å²) in [6.45, 7) is 3.15. The van der Waals surface area contributed by atoms with Crippen LogP contribution in [0.3, 0.4) is 0 Å². The number of methoxy groups -OCH3 is 1. The van der Waals surface area contributed by atoms with Crippen molar-refractivity contribution in [2.45, 2.75) is 25.1 Å². The molecule has 0 saturated carbocycles. The summed E-state index contributed by atoms with van der Waals surface area (Å²) in [5.74, 6) is 0. The number of ether oxygens (including phenoxy) is 1. The molecule has 3 atom stereocenters. The van der Waals surface area contributed by atoms with Crippen LogP contribution < -0.4 is 10.6 Å². The van der Waals surface area contributed by atoms with Crippen LogP contribution in [-0.2, 0) is 4.74 Å². The molecule has 0 radical (unpaired) electrons. The predicted molar refractivity (Wildman–Crippen MR) is 41.1 cm³/mol. The molecule has 1 aliphatic heterocycles. The summed E-state index contributed by atoms with van der Waals surface area (Å²) >= 11 is 0. The summed E-state index contributed by atoms with van der Waals surface area (Å²) < 4.78 is 5.30. The van der Waals surface area contributed by atoms with Crippen LogP contribution in [0, 0.1) is 0 Å². The van der Waals surface area contributed by atoms with E-state index in [1.807, 2.05) is 7.05 Å². The van der Waals surface area contributed by atoms with Gasteiger partial charge in [0.25, 0.3) is 0 Å². The van der Waals surface area contributed by atoms with Gasteiger partial charge in [0.05, 0.1) is 6.10 Å². The van der Waals surface area contributed by atoms with E-state index in [0.717, 1.165) is 6.54 Å². The van der Waals surface area contributed by atoms with Crippen LogP contribution in [0.1, 0.15) is 6.92 Å². The smallest absolute Gasteiger partial charge is 0.0886 e. The highest BCUT2D eigenvalue weighted by molar-refractivity contribution is 4.92. The molecule has 0 bridgehead atoms. The molecule has 1 fully saturated rings. The number of hydrogen-bond acceptors (Lipinski definition) is 3. The SMILES string of the molecule is CNC1CNC(C)C1OC. The van der Waals surface area contributed by atoms with Gasteiger partial charge in [-0.3, -0.25) is 0 Å². The molecule has 2 N–H and O–H groups in total. The second-order valence-corrected chi connectivity index (χ2v) is 2.79. The molecule has 10 heavy (non-hydrogen) atoms. The molecule has 1 heterocycles. The summed E-state index contributed by atoms with van der Waals surface area (Å²) in [5.41, 5.74) is 0. The van der Waals surface area contributed by atoms with Crippen LogP contribution in [0.25, 0.3) is 0 Å². The Morgan fingerprint density at radius 3 is 2.70 bits per heavy atom. The number of rotatable bonds is 2. The van der Waals surface area contributed by atoms with Crippen molar-refractivity contribution in [1.82, 2.24) is 10.6 Å². The van der Waals surface area contributed by atoms with E-state index >= 15 is 0 Å². The van der Waals surface area contributed by atoms with E-state index in [9.17, 15) is 0 Å². The van der Waals surface area contributed by atoms with Gasteiger partial charge in [-0.15, -0.1) is 0 Å². The van der Waals surface area contributed by atoms with E-state index in [2.05, 4.69) is 17.6 Å². The van der Waals surface area contributed by atoms with Crippen LogP contribution in [0.5, 0.6) is 0 Å². The molecule has 3 unspecified atom stereocenters. The zero-order valence-electron chi connectivity index (χ0n) is 6.85. The van der Waals surface area contributed by atoms with Crippen molar-refractivity contribution in [1.29, 1.82) is 0 Å². The van der Waals surface area contributed by atoms with Crippen LogP contribution in [0.4, 0.5) is 0 Å². The average Bonchev–Trinajstić information content (AvgIpc) is 2.30. The van der Waals surface area contributed by atoms with Crippen molar-refractivity contribution < 1.29 is 4.74 Å². The van der Waals surface area contributed by atoms with Crippen LogP contribution in [0.2, 0.25) is 0 Å². The topological polar surface area (TPSA) is 33.3 Å². The summed E-state index contributed by atoms with van der Waals surface area (Å²) in [7, 11) is 3.73. The number of likely N-dealkylation sites (N-methyl/N-ethyl adjacent to an activating group) is 1. The predicted octanol–water partition coefficient (Wildman–Crippen LogP) is -0.419. The van der Waals surface area contributed by atoms with Gasteiger partial charge in [0, 0.05) is 25.7 Å².